The topological polar surface area (TPSA) is 55.8 Å². The summed E-state index contributed by atoms with van der Waals surface area (Å²) in [7, 11) is 1.49. The fraction of sp³-hybridized carbons (Fsp3) is 0.278. The molecule has 1 heterocycles. The smallest absolute Gasteiger partial charge is 0.345 e. The number of hydrogen-bond acceptors (Lipinski definition) is 3. The molecule has 120 valence electrons. The van der Waals surface area contributed by atoms with Crippen molar-refractivity contribution in [2.24, 2.45) is 0 Å². The van der Waals surface area contributed by atoms with Crippen LogP contribution in [0.1, 0.15) is 17.5 Å². The van der Waals surface area contributed by atoms with E-state index in [2.05, 4.69) is 34.5 Å². The van der Waals surface area contributed by atoms with Gasteiger partial charge in [0, 0.05) is 25.8 Å². The van der Waals surface area contributed by atoms with Crippen molar-refractivity contribution in [2.75, 3.05) is 23.6 Å². The molecule has 0 fully saturated rings. The molecule has 0 spiro atoms. The Labute approximate surface area is 136 Å². The van der Waals surface area contributed by atoms with E-state index in [4.69, 9.17) is 0 Å². The summed E-state index contributed by atoms with van der Waals surface area (Å²) in [5.74, 6) is 0. The lowest BCUT2D eigenvalue weighted by atomic mass is 10.00. The standard InChI is InChI=1S/C18H21N3O2/c1-19-18(22)21(23)16-9-10-17-15(12-16)8-5-11-20(17)13-14-6-3-2-4-7-14/h2-4,6-7,9-10,12,23H,5,8,11,13H2,1H3,(H,19,22). The van der Waals surface area contributed by atoms with Crippen LogP contribution in [0.15, 0.2) is 48.5 Å². The number of amides is 2. The first-order chi connectivity index (χ1) is 11.2. The number of nitrogens with zero attached hydrogens (tertiary/aromatic N) is 2. The van der Waals surface area contributed by atoms with Crippen molar-refractivity contribution in [1.82, 2.24) is 5.32 Å². The maximum Gasteiger partial charge on any atom is 0.345 e. The molecule has 2 aromatic carbocycles. The van der Waals surface area contributed by atoms with Crippen LogP contribution in [0.3, 0.4) is 0 Å². The van der Waals surface area contributed by atoms with Crippen molar-refractivity contribution in [3.05, 3.63) is 59.7 Å². The van der Waals surface area contributed by atoms with Gasteiger partial charge < -0.3 is 10.2 Å². The number of hydroxylamine groups is 1. The molecule has 0 aromatic heterocycles. The molecule has 2 N–H and O–H groups in total. The fourth-order valence-electron chi connectivity index (χ4n) is 2.98. The first kappa shape index (κ1) is 15.4. The summed E-state index contributed by atoms with van der Waals surface area (Å²) < 4.78 is 0. The lowest BCUT2D eigenvalue weighted by Gasteiger charge is -2.32. The Balaban J connectivity index is 1.84. The van der Waals surface area contributed by atoms with Crippen LogP contribution in [0, 0.1) is 0 Å². The minimum Gasteiger partial charge on any atom is -0.367 e. The molecule has 0 bridgehead atoms. The van der Waals surface area contributed by atoms with Gasteiger partial charge in [-0.1, -0.05) is 30.3 Å². The second-order valence-electron chi connectivity index (χ2n) is 5.69. The fourth-order valence-corrected chi connectivity index (χ4v) is 2.98. The molecule has 5 nitrogen and oxygen atoms in total. The van der Waals surface area contributed by atoms with Gasteiger partial charge in [-0.3, -0.25) is 5.21 Å². The Hall–Kier alpha value is -2.53. The third-order valence-corrected chi connectivity index (χ3v) is 4.14. The second-order valence-corrected chi connectivity index (χ2v) is 5.69. The number of nitrogens with one attached hydrogen (secondary N) is 1. The minimum atomic E-state index is -0.540. The van der Waals surface area contributed by atoms with Crippen LogP contribution < -0.4 is 15.3 Å². The first-order valence-electron chi connectivity index (χ1n) is 7.81. The van der Waals surface area contributed by atoms with E-state index in [9.17, 15) is 10.0 Å². The monoisotopic (exact) mass is 311 g/mol. The zero-order valence-electron chi connectivity index (χ0n) is 13.2. The Morgan fingerprint density at radius 2 is 2.04 bits per heavy atom. The zero-order valence-corrected chi connectivity index (χ0v) is 13.2. The number of hydrogen-bond donors (Lipinski definition) is 2. The Morgan fingerprint density at radius 1 is 1.26 bits per heavy atom. The molecule has 0 saturated heterocycles. The molecule has 0 atom stereocenters. The van der Waals surface area contributed by atoms with E-state index in [1.165, 1.54) is 18.3 Å². The second kappa shape index (κ2) is 6.71. The summed E-state index contributed by atoms with van der Waals surface area (Å²) in [4.78, 5) is 13.9. The summed E-state index contributed by atoms with van der Waals surface area (Å²) >= 11 is 0. The van der Waals surface area contributed by atoms with Gasteiger partial charge in [-0.05, 0) is 42.2 Å². The van der Waals surface area contributed by atoms with Gasteiger partial charge in [0.25, 0.3) is 0 Å². The highest BCUT2D eigenvalue weighted by molar-refractivity contribution is 5.89. The van der Waals surface area contributed by atoms with Crippen LogP contribution in [-0.2, 0) is 13.0 Å². The van der Waals surface area contributed by atoms with Crippen LogP contribution in [0.5, 0.6) is 0 Å². The van der Waals surface area contributed by atoms with Crippen LogP contribution >= 0.6 is 0 Å². The Morgan fingerprint density at radius 3 is 2.78 bits per heavy atom. The van der Waals surface area contributed by atoms with Crippen molar-refractivity contribution in [1.29, 1.82) is 0 Å². The molecule has 0 aliphatic carbocycles. The summed E-state index contributed by atoms with van der Waals surface area (Å²) in [5, 5.41) is 13.0. The molecular weight excluding hydrogens is 290 g/mol. The molecule has 2 amide bonds. The van der Waals surface area contributed by atoms with E-state index in [0.717, 1.165) is 31.5 Å². The van der Waals surface area contributed by atoms with Crippen molar-refractivity contribution in [2.45, 2.75) is 19.4 Å². The maximum absolute atomic E-state index is 11.5. The summed E-state index contributed by atoms with van der Waals surface area (Å²) in [6, 6.07) is 15.5. The molecule has 0 saturated carbocycles. The van der Waals surface area contributed by atoms with Gasteiger partial charge in [-0.2, -0.15) is 5.06 Å². The van der Waals surface area contributed by atoms with E-state index in [1.54, 1.807) is 6.07 Å². The number of carbonyl (C=O) groups excluding carboxylic acids is 1. The van der Waals surface area contributed by atoms with Crippen LogP contribution in [0.2, 0.25) is 0 Å². The molecular formula is C18H21N3O2. The Bertz CT molecular complexity index is 688. The van der Waals surface area contributed by atoms with Crippen molar-refractivity contribution in [3.8, 4) is 0 Å². The largest absolute Gasteiger partial charge is 0.367 e. The van der Waals surface area contributed by atoms with E-state index in [1.807, 2.05) is 18.2 Å². The van der Waals surface area contributed by atoms with Crippen molar-refractivity contribution in [3.63, 3.8) is 0 Å². The van der Waals surface area contributed by atoms with Gasteiger partial charge in [0.05, 0.1) is 5.69 Å². The van der Waals surface area contributed by atoms with E-state index in [-0.39, 0.29) is 0 Å². The molecule has 3 rings (SSSR count). The maximum atomic E-state index is 11.5. The minimum absolute atomic E-state index is 0.490. The first-order valence-corrected chi connectivity index (χ1v) is 7.81. The number of fused-ring (bicyclic) bond motifs is 1. The van der Waals surface area contributed by atoms with Crippen LogP contribution in [0.4, 0.5) is 16.2 Å². The lowest BCUT2D eigenvalue weighted by molar-refractivity contribution is 0.206. The van der Waals surface area contributed by atoms with Crippen molar-refractivity contribution < 1.29 is 10.0 Å². The third kappa shape index (κ3) is 3.29. The average Bonchev–Trinajstić information content (AvgIpc) is 2.61. The van der Waals surface area contributed by atoms with Gasteiger partial charge in [0.15, 0.2) is 0 Å². The highest BCUT2D eigenvalue weighted by Gasteiger charge is 2.19. The molecule has 5 heteroatoms. The van der Waals surface area contributed by atoms with Gasteiger partial charge >= 0.3 is 6.03 Å². The Kier molecular flexibility index (Phi) is 4.48. The number of rotatable bonds is 3. The SMILES string of the molecule is CNC(=O)N(O)c1ccc2c(c1)CCCN2Cc1ccccc1. The summed E-state index contributed by atoms with van der Waals surface area (Å²) in [6.07, 6.45) is 2.02. The molecule has 1 aliphatic rings. The zero-order chi connectivity index (χ0) is 16.2. The number of benzene rings is 2. The molecule has 2 aromatic rings. The van der Waals surface area contributed by atoms with Gasteiger partial charge in [0.2, 0.25) is 0 Å². The van der Waals surface area contributed by atoms with Crippen LogP contribution in [0.25, 0.3) is 0 Å². The number of anilines is 2. The summed E-state index contributed by atoms with van der Waals surface area (Å²) in [5.41, 5.74) is 4.10. The number of carbonyl (C=O) groups is 1. The normalized spacial score (nSPS) is 13.4. The average molecular weight is 311 g/mol. The van der Waals surface area contributed by atoms with Gasteiger partial charge in [0.1, 0.15) is 0 Å². The predicted octanol–water partition coefficient (Wildman–Crippen LogP) is 3.17. The van der Waals surface area contributed by atoms with E-state index in [0.29, 0.717) is 10.8 Å². The third-order valence-electron chi connectivity index (χ3n) is 4.14. The molecule has 23 heavy (non-hydrogen) atoms. The van der Waals surface area contributed by atoms with Crippen molar-refractivity contribution >= 4 is 17.4 Å². The highest BCUT2D eigenvalue weighted by Crippen LogP contribution is 2.31. The summed E-state index contributed by atoms with van der Waals surface area (Å²) in [6.45, 7) is 1.88. The van der Waals surface area contributed by atoms with Crippen LogP contribution in [-0.4, -0.2) is 24.8 Å². The van der Waals surface area contributed by atoms with Gasteiger partial charge in [-0.15, -0.1) is 0 Å². The van der Waals surface area contributed by atoms with E-state index < -0.39 is 6.03 Å². The number of urea groups is 1. The predicted molar refractivity (Wildman–Crippen MR) is 91.0 cm³/mol. The number of aryl methyl sites for hydroxylation is 1. The van der Waals surface area contributed by atoms with Gasteiger partial charge in [-0.25, -0.2) is 4.79 Å². The highest BCUT2D eigenvalue weighted by atomic mass is 16.5. The molecule has 0 unspecified atom stereocenters. The quantitative estimate of drug-likeness (QED) is 0.676. The molecule has 1 aliphatic heterocycles. The molecule has 0 radical (unpaired) electrons. The lowest BCUT2D eigenvalue weighted by Crippen LogP contribution is -2.35. The van der Waals surface area contributed by atoms with E-state index >= 15 is 0 Å².